The Kier molecular flexibility index (Phi) is 2.33. The Morgan fingerprint density at radius 1 is 1.57 bits per heavy atom. The van der Waals surface area contributed by atoms with Gasteiger partial charge in [0.15, 0.2) is 0 Å². The smallest absolute Gasteiger partial charge is 0.132 e. The molecule has 1 aliphatic rings. The average molecular weight is 196 g/mol. The second kappa shape index (κ2) is 3.37. The zero-order valence-corrected chi connectivity index (χ0v) is 8.35. The summed E-state index contributed by atoms with van der Waals surface area (Å²) in [7, 11) is 1.79. The van der Waals surface area contributed by atoms with Crippen molar-refractivity contribution >= 4 is 0 Å². The lowest BCUT2D eigenvalue weighted by molar-refractivity contribution is -0.110. The Labute approximate surface area is 83.2 Å². The number of hydrogen-bond donors (Lipinski definition) is 2. The summed E-state index contributed by atoms with van der Waals surface area (Å²) in [6.07, 6.45) is 4.22. The second-order valence-electron chi connectivity index (χ2n) is 4.03. The van der Waals surface area contributed by atoms with Gasteiger partial charge in [0, 0.05) is 13.2 Å². The predicted octanol–water partition coefficient (Wildman–Crippen LogP) is 0.543. The molecule has 1 aliphatic carbocycles. The third-order valence-electron chi connectivity index (χ3n) is 3.10. The highest BCUT2D eigenvalue weighted by atomic mass is 16.3. The molecule has 0 radical (unpaired) electrons. The summed E-state index contributed by atoms with van der Waals surface area (Å²) in [5.41, 5.74) is -0.381. The van der Waals surface area contributed by atoms with Crippen molar-refractivity contribution in [2.24, 2.45) is 7.05 Å². The predicted molar refractivity (Wildman–Crippen MR) is 51.6 cm³/mol. The molecule has 0 spiro atoms. The molecule has 1 heterocycles. The van der Waals surface area contributed by atoms with Gasteiger partial charge in [-0.2, -0.15) is 5.10 Å². The third kappa shape index (κ3) is 1.35. The number of rotatable bonds is 1. The van der Waals surface area contributed by atoms with E-state index in [1.165, 1.54) is 0 Å². The van der Waals surface area contributed by atoms with Gasteiger partial charge < -0.3 is 10.2 Å². The van der Waals surface area contributed by atoms with Crippen molar-refractivity contribution in [2.45, 2.75) is 37.4 Å². The van der Waals surface area contributed by atoms with Gasteiger partial charge in [-0.15, -0.1) is 0 Å². The first-order valence-electron chi connectivity index (χ1n) is 5.03. The fraction of sp³-hybridized carbons (Fsp3) is 0.700. The van der Waals surface area contributed by atoms with Crippen LogP contribution in [0, 0.1) is 0 Å². The van der Waals surface area contributed by atoms with Gasteiger partial charge in [-0.25, -0.2) is 0 Å². The van der Waals surface area contributed by atoms with Crippen molar-refractivity contribution < 1.29 is 10.2 Å². The van der Waals surface area contributed by atoms with Crippen LogP contribution in [0.2, 0.25) is 0 Å². The minimum Gasteiger partial charge on any atom is -0.390 e. The summed E-state index contributed by atoms with van der Waals surface area (Å²) in [5.74, 6) is 0. The Morgan fingerprint density at radius 3 is 2.93 bits per heavy atom. The number of aliphatic hydroxyl groups excluding tert-OH is 1. The average Bonchev–Trinajstić information content (AvgIpc) is 2.57. The number of aliphatic hydroxyl groups is 2. The van der Waals surface area contributed by atoms with E-state index in [1.807, 2.05) is 0 Å². The molecular weight excluding hydrogens is 180 g/mol. The number of aryl methyl sites for hydroxylation is 1. The Hall–Kier alpha value is -0.870. The van der Waals surface area contributed by atoms with Crippen molar-refractivity contribution in [3.05, 3.63) is 18.0 Å². The summed E-state index contributed by atoms with van der Waals surface area (Å²) >= 11 is 0. The molecule has 0 aromatic carbocycles. The normalized spacial score (nSPS) is 33.2. The molecule has 0 aliphatic heterocycles. The van der Waals surface area contributed by atoms with Crippen molar-refractivity contribution in [1.82, 2.24) is 9.78 Å². The van der Waals surface area contributed by atoms with E-state index in [0.29, 0.717) is 18.5 Å². The van der Waals surface area contributed by atoms with Crippen molar-refractivity contribution in [2.75, 3.05) is 0 Å². The van der Waals surface area contributed by atoms with Crippen LogP contribution >= 0.6 is 0 Å². The molecule has 0 amide bonds. The largest absolute Gasteiger partial charge is 0.390 e. The molecule has 0 bridgehead atoms. The van der Waals surface area contributed by atoms with Gasteiger partial charge in [0.25, 0.3) is 0 Å². The standard InChI is InChI=1S/C10H16N2O2/c1-12-8(5-7-11-12)10(14)6-3-2-4-9(10)13/h5,7,9,13-14H,2-4,6H2,1H3. The summed E-state index contributed by atoms with van der Waals surface area (Å²) in [6.45, 7) is 0. The summed E-state index contributed by atoms with van der Waals surface area (Å²) in [5, 5.41) is 24.2. The van der Waals surface area contributed by atoms with Crippen LogP contribution in [0.1, 0.15) is 31.4 Å². The first-order chi connectivity index (χ1) is 6.64. The minimum absolute atomic E-state index is 0.619. The molecule has 2 N–H and O–H groups in total. The van der Waals surface area contributed by atoms with Gasteiger partial charge in [-0.3, -0.25) is 4.68 Å². The van der Waals surface area contributed by atoms with Gasteiger partial charge in [-0.1, -0.05) is 6.42 Å². The van der Waals surface area contributed by atoms with Crippen LogP contribution in [0.3, 0.4) is 0 Å². The first kappa shape index (κ1) is 9.68. The zero-order valence-electron chi connectivity index (χ0n) is 8.35. The highest BCUT2D eigenvalue weighted by Crippen LogP contribution is 2.36. The fourth-order valence-electron chi connectivity index (χ4n) is 2.23. The van der Waals surface area contributed by atoms with Gasteiger partial charge in [-0.05, 0) is 25.3 Å². The zero-order chi connectivity index (χ0) is 10.2. The van der Waals surface area contributed by atoms with E-state index in [2.05, 4.69) is 5.10 Å². The number of aromatic nitrogens is 2. The van der Waals surface area contributed by atoms with Crippen molar-refractivity contribution in [3.8, 4) is 0 Å². The second-order valence-corrected chi connectivity index (χ2v) is 4.03. The monoisotopic (exact) mass is 196 g/mol. The molecule has 2 atom stereocenters. The lowest BCUT2D eigenvalue weighted by Crippen LogP contribution is -2.43. The SMILES string of the molecule is Cn1nccc1C1(O)CCCCC1O. The van der Waals surface area contributed by atoms with E-state index in [4.69, 9.17) is 0 Å². The molecule has 78 valence electrons. The molecule has 2 rings (SSSR count). The molecule has 1 saturated carbocycles. The van der Waals surface area contributed by atoms with Gasteiger partial charge in [0.1, 0.15) is 5.60 Å². The molecule has 1 aromatic heterocycles. The van der Waals surface area contributed by atoms with Crippen LogP contribution in [0.25, 0.3) is 0 Å². The Morgan fingerprint density at radius 2 is 2.36 bits per heavy atom. The first-order valence-corrected chi connectivity index (χ1v) is 5.03. The summed E-state index contributed by atoms with van der Waals surface area (Å²) < 4.78 is 1.63. The van der Waals surface area contributed by atoms with Gasteiger partial charge >= 0.3 is 0 Å². The van der Waals surface area contributed by atoms with Crippen molar-refractivity contribution in [3.63, 3.8) is 0 Å². The Balaban J connectivity index is 2.34. The van der Waals surface area contributed by atoms with Crippen LogP contribution < -0.4 is 0 Å². The van der Waals surface area contributed by atoms with Gasteiger partial charge in [0.2, 0.25) is 0 Å². The lowest BCUT2D eigenvalue weighted by atomic mass is 9.80. The molecule has 4 nitrogen and oxygen atoms in total. The Bertz CT molecular complexity index is 324. The molecule has 1 fully saturated rings. The maximum Gasteiger partial charge on any atom is 0.132 e. The highest BCUT2D eigenvalue weighted by molar-refractivity contribution is 5.15. The molecule has 0 saturated heterocycles. The van der Waals surface area contributed by atoms with E-state index in [-0.39, 0.29) is 0 Å². The van der Waals surface area contributed by atoms with Crippen molar-refractivity contribution in [1.29, 1.82) is 0 Å². The van der Waals surface area contributed by atoms with Crippen LogP contribution in [-0.2, 0) is 12.6 Å². The maximum absolute atomic E-state index is 10.4. The molecule has 1 aromatic rings. The van der Waals surface area contributed by atoms with E-state index in [9.17, 15) is 10.2 Å². The highest BCUT2D eigenvalue weighted by Gasteiger charge is 2.41. The number of nitrogens with zero attached hydrogens (tertiary/aromatic N) is 2. The van der Waals surface area contributed by atoms with E-state index < -0.39 is 11.7 Å². The molecule has 4 heteroatoms. The summed E-state index contributed by atoms with van der Waals surface area (Å²) in [6, 6.07) is 1.77. The maximum atomic E-state index is 10.4. The van der Waals surface area contributed by atoms with Crippen LogP contribution in [0.5, 0.6) is 0 Å². The van der Waals surface area contributed by atoms with E-state index in [1.54, 1.807) is 24.0 Å². The third-order valence-corrected chi connectivity index (χ3v) is 3.10. The topological polar surface area (TPSA) is 58.3 Å². The summed E-state index contributed by atoms with van der Waals surface area (Å²) in [4.78, 5) is 0. The number of hydrogen-bond acceptors (Lipinski definition) is 3. The molecular formula is C10H16N2O2. The molecule has 14 heavy (non-hydrogen) atoms. The van der Waals surface area contributed by atoms with Gasteiger partial charge in [0.05, 0.1) is 11.8 Å². The molecule has 2 unspecified atom stereocenters. The fourth-order valence-corrected chi connectivity index (χ4v) is 2.23. The lowest BCUT2D eigenvalue weighted by Gasteiger charge is -2.36. The van der Waals surface area contributed by atoms with Crippen LogP contribution in [-0.4, -0.2) is 26.1 Å². The van der Waals surface area contributed by atoms with E-state index in [0.717, 1.165) is 12.8 Å². The quantitative estimate of drug-likeness (QED) is 0.689. The van der Waals surface area contributed by atoms with E-state index >= 15 is 0 Å². The van der Waals surface area contributed by atoms with Crippen LogP contribution in [0.4, 0.5) is 0 Å². The van der Waals surface area contributed by atoms with Crippen LogP contribution in [0.15, 0.2) is 12.3 Å². The minimum atomic E-state index is -1.09.